The summed E-state index contributed by atoms with van der Waals surface area (Å²) in [5.74, 6) is 0. The van der Waals surface area contributed by atoms with Crippen molar-refractivity contribution in [3.63, 3.8) is 0 Å². The van der Waals surface area contributed by atoms with Gasteiger partial charge in [-0.2, -0.15) is 0 Å². The second-order valence-corrected chi connectivity index (χ2v) is 18.3. The van der Waals surface area contributed by atoms with E-state index in [1.807, 2.05) is 5.48 Å². The lowest BCUT2D eigenvalue weighted by Crippen LogP contribution is -2.31. The lowest BCUT2D eigenvalue weighted by Gasteiger charge is -2.16. The van der Waals surface area contributed by atoms with Crippen molar-refractivity contribution in [2.45, 2.75) is 51.4 Å². The molecule has 1 amide bonds. The first-order valence-corrected chi connectivity index (χ1v) is 14.2. The lowest BCUT2D eigenvalue weighted by atomic mass is 10.8. The van der Waals surface area contributed by atoms with Crippen LogP contribution in [0.5, 0.6) is 0 Å². The zero-order valence-electron chi connectivity index (χ0n) is 13.4. The Morgan fingerprint density at radius 1 is 0.850 bits per heavy atom. The van der Waals surface area contributed by atoms with Gasteiger partial charge in [-0.25, -0.2) is 9.59 Å². The number of amides is 1. The Bertz CT molecular complexity index is 291. The third-order valence-electron chi connectivity index (χ3n) is 2.37. The zero-order chi connectivity index (χ0) is 15.8. The Hall–Kier alpha value is -1.03. The molecule has 0 aliphatic carbocycles. The molecule has 0 aromatic rings. The van der Waals surface area contributed by atoms with E-state index in [-0.39, 0.29) is 0 Å². The molecule has 0 bridgehead atoms. The van der Waals surface area contributed by atoms with Crippen LogP contribution in [0, 0.1) is 0 Å². The summed E-state index contributed by atoms with van der Waals surface area (Å²) in [5, 5.41) is 0. The first-order valence-electron chi connectivity index (χ1n) is 6.76. The number of hydrogen-bond acceptors (Lipinski definition) is 5. The fraction of sp³-hybridized carbons (Fsp3) is 0.833. The predicted molar refractivity (Wildman–Crippen MR) is 83.2 cm³/mol. The highest BCUT2D eigenvalue weighted by molar-refractivity contribution is 6.76. The molecule has 0 aliphatic rings. The Balaban J connectivity index is 3.66. The fourth-order valence-corrected chi connectivity index (χ4v) is 2.46. The third kappa shape index (κ3) is 13.4. The van der Waals surface area contributed by atoms with Gasteiger partial charge in [-0.05, 0) is 12.1 Å². The molecule has 0 radical (unpaired) electrons. The highest BCUT2D eigenvalue weighted by atomic mass is 28.3. The molecular formula is C12H27NO5Si2. The summed E-state index contributed by atoms with van der Waals surface area (Å²) < 4.78 is 9.72. The van der Waals surface area contributed by atoms with E-state index in [9.17, 15) is 9.59 Å². The highest BCUT2D eigenvalue weighted by Gasteiger charge is 2.16. The van der Waals surface area contributed by atoms with Gasteiger partial charge in [-0.3, -0.25) is 0 Å². The standard InChI is InChI=1S/C12H27NO5Si2/c1-19(2,3)9-7-16-11(14)13-18-12(15)17-8-10-20(4,5)6/h7-10H2,1-6H3,(H,13,14). The fourth-order valence-electron chi connectivity index (χ4n) is 1.03. The number of carbonyl (C=O) groups excluding carboxylic acids is 2. The maximum Gasteiger partial charge on any atom is 0.533 e. The van der Waals surface area contributed by atoms with Crippen LogP contribution in [0.2, 0.25) is 51.4 Å². The van der Waals surface area contributed by atoms with Crippen LogP contribution < -0.4 is 5.48 Å². The lowest BCUT2D eigenvalue weighted by molar-refractivity contribution is 0.0150. The minimum atomic E-state index is -1.25. The molecule has 0 aromatic carbocycles. The van der Waals surface area contributed by atoms with E-state index in [1.165, 1.54) is 0 Å². The quantitative estimate of drug-likeness (QED) is 0.461. The van der Waals surface area contributed by atoms with Crippen molar-refractivity contribution < 1.29 is 23.9 Å². The SMILES string of the molecule is C[Si](C)(C)CCOC(=O)NOC(=O)OCC[Si](C)(C)C. The molecule has 0 aliphatic heterocycles. The molecule has 0 fully saturated rings. The van der Waals surface area contributed by atoms with Gasteiger partial charge in [0.05, 0.1) is 13.2 Å². The average molecular weight is 322 g/mol. The van der Waals surface area contributed by atoms with E-state index in [2.05, 4.69) is 44.1 Å². The van der Waals surface area contributed by atoms with Gasteiger partial charge < -0.3 is 14.3 Å². The molecule has 0 saturated carbocycles. The largest absolute Gasteiger partial charge is 0.533 e. The average Bonchev–Trinajstić information content (AvgIpc) is 2.22. The molecule has 118 valence electrons. The molecule has 0 rings (SSSR count). The van der Waals surface area contributed by atoms with Crippen LogP contribution in [0.25, 0.3) is 0 Å². The van der Waals surface area contributed by atoms with Gasteiger partial charge in [0.2, 0.25) is 0 Å². The Kier molecular flexibility index (Phi) is 7.88. The number of carbonyl (C=O) groups is 2. The molecular weight excluding hydrogens is 294 g/mol. The van der Waals surface area contributed by atoms with E-state index in [4.69, 9.17) is 9.47 Å². The molecule has 0 aromatic heterocycles. The summed E-state index contributed by atoms with van der Waals surface area (Å²) in [6.07, 6.45) is -1.68. The molecule has 0 atom stereocenters. The molecule has 0 unspecified atom stereocenters. The van der Waals surface area contributed by atoms with Crippen molar-refractivity contribution in [2.24, 2.45) is 0 Å². The molecule has 20 heavy (non-hydrogen) atoms. The summed E-state index contributed by atoms with van der Waals surface area (Å²) >= 11 is 0. The highest BCUT2D eigenvalue weighted by Crippen LogP contribution is 2.08. The van der Waals surface area contributed by atoms with E-state index in [1.54, 1.807) is 0 Å². The van der Waals surface area contributed by atoms with Gasteiger partial charge >= 0.3 is 12.2 Å². The van der Waals surface area contributed by atoms with Gasteiger partial charge in [0.1, 0.15) is 0 Å². The maximum absolute atomic E-state index is 11.2. The Morgan fingerprint density at radius 2 is 1.30 bits per heavy atom. The number of hydrogen-bond donors (Lipinski definition) is 1. The normalized spacial score (nSPS) is 11.7. The summed E-state index contributed by atoms with van der Waals surface area (Å²) in [7, 11) is -2.48. The van der Waals surface area contributed by atoms with Crippen LogP contribution in [0.1, 0.15) is 0 Å². The van der Waals surface area contributed by atoms with Crippen molar-refractivity contribution >= 4 is 28.4 Å². The van der Waals surface area contributed by atoms with Crippen molar-refractivity contribution in [2.75, 3.05) is 13.2 Å². The van der Waals surface area contributed by atoms with Crippen molar-refractivity contribution in [3.05, 3.63) is 0 Å². The Labute approximate surface area is 123 Å². The molecule has 0 spiro atoms. The summed E-state index contributed by atoms with van der Waals surface area (Å²) in [5.41, 5.74) is 1.91. The van der Waals surface area contributed by atoms with E-state index in [0.29, 0.717) is 13.2 Å². The minimum Gasteiger partial charge on any atom is -0.448 e. The molecule has 6 nitrogen and oxygen atoms in total. The van der Waals surface area contributed by atoms with Crippen LogP contribution in [-0.4, -0.2) is 41.6 Å². The van der Waals surface area contributed by atoms with Crippen LogP contribution in [-0.2, 0) is 14.3 Å². The van der Waals surface area contributed by atoms with Gasteiger partial charge in [0.25, 0.3) is 0 Å². The predicted octanol–water partition coefficient (Wildman–Crippen LogP) is 3.46. The maximum atomic E-state index is 11.2. The number of nitrogens with one attached hydrogen (secondary N) is 1. The molecule has 1 N–H and O–H groups in total. The van der Waals surface area contributed by atoms with Crippen LogP contribution in [0.3, 0.4) is 0 Å². The van der Waals surface area contributed by atoms with E-state index < -0.39 is 28.4 Å². The van der Waals surface area contributed by atoms with Gasteiger partial charge in [0.15, 0.2) is 0 Å². The van der Waals surface area contributed by atoms with Crippen molar-refractivity contribution in [3.8, 4) is 0 Å². The smallest absolute Gasteiger partial charge is 0.448 e. The number of ether oxygens (including phenoxy) is 2. The monoisotopic (exact) mass is 321 g/mol. The Morgan fingerprint density at radius 3 is 1.75 bits per heavy atom. The van der Waals surface area contributed by atoms with Crippen molar-refractivity contribution in [1.29, 1.82) is 0 Å². The van der Waals surface area contributed by atoms with Crippen LogP contribution >= 0.6 is 0 Å². The van der Waals surface area contributed by atoms with Gasteiger partial charge in [-0.1, -0.05) is 39.3 Å². The number of hydroxylamine groups is 1. The van der Waals surface area contributed by atoms with Crippen molar-refractivity contribution in [1.82, 2.24) is 5.48 Å². The van der Waals surface area contributed by atoms with E-state index >= 15 is 0 Å². The zero-order valence-corrected chi connectivity index (χ0v) is 15.4. The first-order chi connectivity index (χ1) is 8.99. The minimum absolute atomic E-state index is 0.306. The topological polar surface area (TPSA) is 73.9 Å². The van der Waals surface area contributed by atoms with Crippen LogP contribution in [0.15, 0.2) is 0 Å². The van der Waals surface area contributed by atoms with Crippen LogP contribution in [0.4, 0.5) is 9.59 Å². The summed E-state index contributed by atoms with van der Waals surface area (Å²) in [4.78, 5) is 26.8. The first kappa shape index (κ1) is 19.0. The van der Waals surface area contributed by atoms with Gasteiger partial charge in [0, 0.05) is 16.1 Å². The second kappa shape index (κ2) is 8.30. The molecule has 0 heterocycles. The molecule has 8 heteroatoms. The second-order valence-electron chi connectivity index (χ2n) is 7.06. The summed E-state index contributed by atoms with van der Waals surface area (Å²) in [6.45, 7) is 13.7. The number of rotatable bonds is 6. The van der Waals surface area contributed by atoms with E-state index in [0.717, 1.165) is 12.1 Å². The summed E-state index contributed by atoms with van der Waals surface area (Å²) in [6, 6.07) is 1.71. The third-order valence-corrected chi connectivity index (χ3v) is 5.78. The molecule has 0 saturated heterocycles. The van der Waals surface area contributed by atoms with Gasteiger partial charge in [-0.15, -0.1) is 5.48 Å².